The summed E-state index contributed by atoms with van der Waals surface area (Å²) < 4.78 is 6.10. The summed E-state index contributed by atoms with van der Waals surface area (Å²) in [5.41, 5.74) is 1.52. The fraction of sp³-hybridized carbons (Fsp3) is 0.143. The van der Waals surface area contributed by atoms with E-state index >= 15 is 0 Å². The van der Waals surface area contributed by atoms with Crippen molar-refractivity contribution in [2.24, 2.45) is 0 Å². The predicted molar refractivity (Wildman–Crippen MR) is 73.8 cm³/mol. The number of amides is 1. The number of nitrogens with one attached hydrogen (secondary N) is 1. The third-order valence-electron chi connectivity index (χ3n) is 2.64. The van der Waals surface area contributed by atoms with Crippen LogP contribution in [0.1, 0.15) is 16.9 Å². The van der Waals surface area contributed by atoms with Gasteiger partial charge >= 0.3 is 5.97 Å². The number of benzene rings is 1. The first-order chi connectivity index (χ1) is 10.1. The predicted octanol–water partition coefficient (Wildman–Crippen LogP) is 1.51. The molecule has 21 heavy (non-hydrogen) atoms. The molecule has 7 nitrogen and oxygen atoms in total. The molecule has 1 aromatic carbocycles. The molecule has 0 fully saturated rings. The highest BCUT2D eigenvalue weighted by Crippen LogP contribution is 2.13. The first kappa shape index (κ1) is 14.3. The molecule has 0 aliphatic rings. The van der Waals surface area contributed by atoms with Gasteiger partial charge in [-0.2, -0.15) is 10.4 Å². The van der Waals surface area contributed by atoms with Crippen molar-refractivity contribution in [2.75, 3.05) is 12.4 Å². The topological polar surface area (TPSA) is 97.0 Å². The number of esters is 1. The fourth-order valence-electron chi connectivity index (χ4n) is 1.66. The largest absolute Gasteiger partial charge is 0.464 e. The minimum absolute atomic E-state index is 0.191. The highest BCUT2D eigenvalue weighted by molar-refractivity contribution is 5.92. The van der Waals surface area contributed by atoms with Crippen LogP contribution in [0.3, 0.4) is 0 Å². The summed E-state index contributed by atoms with van der Waals surface area (Å²) in [6.45, 7) is 0. The average Bonchev–Trinajstić information content (AvgIpc) is 2.97. The van der Waals surface area contributed by atoms with Crippen molar-refractivity contribution in [1.82, 2.24) is 9.78 Å². The van der Waals surface area contributed by atoms with Gasteiger partial charge in [0.2, 0.25) is 5.91 Å². The zero-order valence-corrected chi connectivity index (χ0v) is 11.2. The molecule has 0 unspecified atom stereocenters. The average molecular weight is 284 g/mol. The number of carbonyl (C=O) groups is 2. The Balaban J connectivity index is 2.12. The first-order valence-electron chi connectivity index (χ1n) is 6.05. The van der Waals surface area contributed by atoms with Crippen molar-refractivity contribution in [3.05, 3.63) is 42.2 Å². The van der Waals surface area contributed by atoms with Crippen LogP contribution < -0.4 is 5.32 Å². The highest BCUT2D eigenvalue weighted by atomic mass is 16.5. The standard InChI is InChI=1S/C14H12N4O3/c1-21-14(20)12-7-9-18(17-12)11-4-2-10(3-5-11)16-13(19)6-8-15/h2-5,7,9H,6H2,1H3,(H,16,19). The summed E-state index contributed by atoms with van der Waals surface area (Å²) in [6, 6.07) is 10.2. The maximum Gasteiger partial charge on any atom is 0.358 e. The summed E-state index contributed by atoms with van der Waals surface area (Å²) in [5, 5.41) is 15.1. The molecule has 0 spiro atoms. The molecule has 0 saturated heterocycles. The number of hydrogen-bond acceptors (Lipinski definition) is 5. The number of nitriles is 1. The third-order valence-corrected chi connectivity index (χ3v) is 2.64. The summed E-state index contributed by atoms with van der Waals surface area (Å²) in [4.78, 5) is 22.6. The van der Waals surface area contributed by atoms with Gasteiger partial charge in [-0.05, 0) is 30.3 Å². The lowest BCUT2D eigenvalue weighted by molar-refractivity contribution is -0.115. The molecular formula is C14H12N4O3. The molecule has 0 radical (unpaired) electrons. The minimum Gasteiger partial charge on any atom is -0.464 e. The van der Waals surface area contributed by atoms with Crippen molar-refractivity contribution in [3.8, 4) is 11.8 Å². The lowest BCUT2D eigenvalue weighted by atomic mass is 10.2. The monoisotopic (exact) mass is 284 g/mol. The molecule has 0 atom stereocenters. The van der Waals surface area contributed by atoms with Crippen LogP contribution in [-0.4, -0.2) is 28.8 Å². The van der Waals surface area contributed by atoms with E-state index in [0.717, 1.165) is 5.69 Å². The van der Waals surface area contributed by atoms with Crippen molar-refractivity contribution in [3.63, 3.8) is 0 Å². The van der Waals surface area contributed by atoms with Crippen LogP contribution >= 0.6 is 0 Å². The van der Waals surface area contributed by atoms with Crippen LogP contribution in [0, 0.1) is 11.3 Å². The summed E-state index contributed by atoms with van der Waals surface area (Å²) >= 11 is 0. The van der Waals surface area contributed by atoms with Crippen LogP contribution in [0.2, 0.25) is 0 Å². The first-order valence-corrected chi connectivity index (χ1v) is 6.05. The van der Waals surface area contributed by atoms with E-state index in [1.807, 2.05) is 0 Å². The van der Waals surface area contributed by atoms with E-state index in [2.05, 4.69) is 15.2 Å². The van der Waals surface area contributed by atoms with Crippen LogP contribution in [0.25, 0.3) is 5.69 Å². The Kier molecular flexibility index (Phi) is 4.31. The van der Waals surface area contributed by atoms with E-state index in [-0.39, 0.29) is 18.0 Å². The molecule has 2 rings (SSSR count). The molecule has 1 N–H and O–H groups in total. The maximum absolute atomic E-state index is 11.3. The molecule has 106 valence electrons. The van der Waals surface area contributed by atoms with Crippen LogP contribution in [-0.2, 0) is 9.53 Å². The van der Waals surface area contributed by atoms with E-state index in [1.165, 1.54) is 11.8 Å². The Morgan fingerprint density at radius 2 is 2.05 bits per heavy atom. The van der Waals surface area contributed by atoms with Gasteiger partial charge < -0.3 is 10.1 Å². The quantitative estimate of drug-likeness (QED) is 0.858. The van der Waals surface area contributed by atoms with Gasteiger partial charge in [-0.15, -0.1) is 0 Å². The van der Waals surface area contributed by atoms with Crippen LogP contribution in [0.15, 0.2) is 36.5 Å². The molecular weight excluding hydrogens is 272 g/mol. The van der Waals surface area contributed by atoms with E-state index in [0.29, 0.717) is 5.69 Å². The van der Waals surface area contributed by atoms with Gasteiger partial charge in [0.15, 0.2) is 5.69 Å². The second-order valence-electron chi connectivity index (χ2n) is 4.07. The summed E-state index contributed by atoms with van der Waals surface area (Å²) in [5.74, 6) is -0.869. The van der Waals surface area contributed by atoms with Crippen LogP contribution in [0.4, 0.5) is 5.69 Å². The Labute approximate surface area is 120 Å². The SMILES string of the molecule is COC(=O)c1ccn(-c2ccc(NC(=O)CC#N)cc2)n1. The van der Waals surface area contributed by atoms with Gasteiger partial charge in [0.25, 0.3) is 0 Å². The van der Waals surface area contributed by atoms with Gasteiger partial charge in [0.05, 0.1) is 18.9 Å². The van der Waals surface area contributed by atoms with E-state index in [4.69, 9.17) is 5.26 Å². The van der Waals surface area contributed by atoms with Crippen molar-refractivity contribution < 1.29 is 14.3 Å². The number of anilines is 1. The zero-order chi connectivity index (χ0) is 15.2. The van der Waals surface area contributed by atoms with Gasteiger partial charge in [-0.1, -0.05) is 0 Å². The van der Waals surface area contributed by atoms with Crippen molar-refractivity contribution >= 4 is 17.6 Å². The van der Waals surface area contributed by atoms with Gasteiger partial charge in [0, 0.05) is 11.9 Å². The van der Waals surface area contributed by atoms with Crippen molar-refractivity contribution in [2.45, 2.75) is 6.42 Å². The molecule has 0 bridgehead atoms. The molecule has 1 aromatic heterocycles. The van der Waals surface area contributed by atoms with Crippen LogP contribution in [0.5, 0.6) is 0 Å². The van der Waals surface area contributed by atoms with Gasteiger partial charge in [-0.3, -0.25) is 4.79 Å². The van der Waals surface area contributed by atoms with Gasteiger partial charge in [0.1, 0.15) is 6.42 Å². The zero-order valence-electron chi connectivity index (χ0n) is 11.2. The second-order valence-corrected chi connectivity index (χ2v) is 4.07. The molecule has 0 aliphatic heterocycles. The fourth-order valence-corrected chi connectivity index (χ4v) is 1.66. The molecule has 0 saturated carbocycles. The number of methoxy groups -OCH3 is 1. The number of carbonyl (C=O) groups excluding carboxylic acids is 2. The Bertz CT molecular complexity index is 698. The Hall–Kier alpha value is -3.14. The normalized spacial score (nSPS) is 9.71. The van der Waals surface area contributed by atoms with E-state index in [1.54, 1.807) is 42.6 Å². The molecule has 2 aromatic rings. The molecule has 1 heterocycles. The second kappa shape index (κ2) is 6.34. The number of nitrogens with zero attached hydrogens (tertiary/aromatic N) is 3. The lowest BCUT2D eigenvalue weighted by Crippen LogP contribution is -2.10. The Morgan fingerprint density at radius 1 is 1.33 bits per heavy atom. The molecule has 0 aliphatic carbocycles. The summed E-state index contributed by atoms with van der Waals surface area (Å²) in [6.07, 6.45) is 1.44. The smallest absolute Gasteiger partial charge is 0.358 e. The maximum atomic E-state index is 11.3. The minimum atomic E-state index is -0.505. The molecule has 1 amide bonds. The number of aromatic nitrogens is 2. The van der Waals surface area contributed by atoms with Crippen molar-refractivity contribution in [1.29, 1.82) is 5.26 Å². The Morgan fingerprint density at radius 3 is 2.67 bits per heavy atom. The van der Waals surface area contributed by atoms with Gasteiger partial charge in [-0.25, -0.2) is 9.48 Å². The van der Waals surface area contributed by atoms with E-state index < -0.39 is 5.97 Å². The number of rotatable bonds is 4. The third kappa shape index (κ3) is 3.45. The lowest BCUT2D eigenvalue weighted by Gasteiger charge is -2.05. The number of hydrogen-bond donors (Lipinski definition) is 1. The highest BCUT2D eigenvalue weighted by Gasteiger charge is 2.10. The number of ether oxygens (including phenoxy) is 1. The van der Waals surface area contributed by atoms with E-state index in [9.17, 15) is 9.59 Å². The molecule has 7 heteroatoms. The summed E-state index contributed by atoms with van der Waals surface area (Å²) in [7, 11) is 1.29.